The molecule has 0 atom stereocenters. The van der Waals surface area contributed by atoms with Gasteiger partial charge in [0.25, 0.3) is 0 Å². The summed E-state index contributed by atoms with van der Waals surface area (Å²) >= 11 is 9.21. The first-order valence-corrected chi connectivity index (χ1v) is 7.02. The molecule has 0 aromatic heterocycles. The number of carbonyl (C=O) groups is 1. The third-order valence-electron chi connectivity index (χ3n) is 2.75. The van der Waals surface area contributed by atoms with Gasteiger partial charge in [-0.25, -0.2) is 0 Å². The standard InChI is InChI=1S/C15H13BrClNO/c1-10-2-5-12(16)9-14(10)18-15(19)8-11-3-6-13(17)7-4-11/h2-7,9H,8H2,1H3,(H,18,19). The van der Waals surface area contributed by atoms with E-state index < -0.39 is 0 Å². The SMILES string of the molecule is Cc1ccc(Br)cc1NC(=O)Cc1ccc(Cl)cc1. The highest BCUT2D eigenvalue weighted by Crippen LogP contribution is 2.21. The van der Waals surface area contributed by atoms with Crippen LogP contribution in [-0.2, 0) is 11.2 Å². The van der Waals surface area contributed by atoms with Gasteiger partial charge in [-0.1, -0.05) is 45.7 Å². The van der Waals surface area contributed by atoms with E-state index >= 15 is 0 Å². The molecular weight excluding hydrogens is 326 g/mol. The summed E-state index contributed by atoms with van der Waals surface area (Å²) < 4.78 is 0.944. The second-order valence-electron chi connectivity index (χ2n) is 4.31. The lowest BCUT2D eigenvalue weighted by Crippen LogP contribution is -2.15. The van der Waals surface area contributed by atoms with Crippen LogP contribution in [0.3, 0.4) is 0 Å². The van der Waals surface area contributed by atoms with E-state index in [0.717, 1.165) is 21.3 Å². The van der Waals surface area contributed by atoms with E-state index in [9.17, 15) is 4.79 Å². The molecule has 2 nitrogen and oxygen atoms in total. The van der Waals surface area contributed by atoms with Gasteiger partial charge in [0, 0.05) is 15.2 Å². The van der Waals surface area contributed by atoms with Crippen molar-refractivity contribution in [2.24, 2.45) is 0 Å². The fourth-order valence-electron chi connectivity index (χ4n) is 1.71. The van der Waals surface area contributed by atoms with E-state index in [2.05, 4.69) is 21.2 Å². The molecule has 0 spiro atoms. The summed E-state index contributed by atoms with van der Waals surface area (Å²) in [6.07, 6.45) is 0.336. The third kappa shape index (κ3) is 4.08. The lowest BCUT2D eigenvalue weighted by molar-refractivity contribution is -0.115. The zero-order valence-corrected chi connectivity index (χ0v) is 12.8. The van der Waals surface area contributed by atoms with Crippen LogP contribution in [0.4, 0.5) is 5.69 Å². The Morgan fingerprint density at radius 1 is 1.21 bits per heavy atom. The molecular formula is C15H13BrClNO. The number of benzene rings is 2. The lowest BCUT2D eigenvalue weighted by Gasteiger charge is -2.09. The molecule has 0 heterocycles. The van der Waals surface area contributed by atoms with Gasteiger partial charge in [-0.2, -0.15) is 0 Å². The van der Waals surface area contributed by atoms with Crippen molar-refractivity contribution < 1.29 is 4.79 Å². The Labute approximate surface area is 125 Å². The summed E-state index contributed by atoms with van der Waals surface area (Å²) in [5.41, 5.74) is 2.80. The van der Waals surface area contributed by atoms with Gasteiger partial charge < -0.3 is 5.32 Å². The molecule has 2 rings (SSSR count). The van der Waals surface area contributed by atoms with Crippen molar-refractivity contribution in [2.45, 2.75) is 13.3 Å². The van der Waals surface area contributed by atoms with Gasteiger partial charge in [-0.05, 0) is 42.3 Å². The van der Waals surface area contributed by atoms with Gasteiger partial charge in [0.1, 0.15) is 0 Å². The summed E-state index contributed by atoms with van der Waals surface area (Å²) in [7, 11) is 0. The van der Waals surface area contributed by atoms with Crippen LogP contribution >= 0.6 is 27.5 Å². The van der Waals surface area contributed by atoms with Gasteiger partial charge >= 0.3 is 0 Å². The summed E-state index contributed by atoms with van der Waals surface area (Å²) in [5, 5.41) is 3.59. The average Bonchev–Trinajstić information content (AvgIpc) is 2.37. The number of aryl methyl sites for hydroxylation is 1. The number of hydrogen-bond donors (Lipinski definition) is 1. The first-order chi connectivity index (χ1) is 9.04. The second kappa shape index (κ2) is 6.22. The summed E-state index contributed by atoms with van der Waals surface area (Å²) in [6, 6.07) is 13.1. The Morgan fingerprint density at radius 3 is 2.58 bits per heavy atom. The maximum atomic E-state index is 12.0. The molecule has 4 heteroatoms. The van der Waals surface area contributed by atoms with Crippen molar-refractivity contribution in [1.29, 1.82) is 0 Å². The van der Waals surface area contributed by atoms with E-state index in [0.29, 0.717) is 11.4 Å². The number of hydrogen-bond acceptors (Lipinski definition) is 1. The molecule has 98 valence electrons. The largest absolute Gasteiger partial charge is 0.326 e. The number of halogens is 2. The highest BCUT2D eigenvalue weighted by Gasteiger charge is 2.06. The van der Waals surface area contributed by atoms with E-state index in [4.69, 9.17) is 11.6 Å². The molecule has 1 amide bonds. The molecule has 0 fully saturated rings. The van der Waals surface area contributed by atoms with Gasteiger partial charge in [0.05, 0.1) is 6.42 Å². The first kappa shape index (κ1) is 14.1. The first-order valence-electron chi connectivity index (χ1n) is 5.85. The van der Waals surface area contributed by atoms with Crippen LogP contribution in [0.25, 0.3) is 0 Å². The number of rotatable bonds is 3. The molecule has 0 bridgehead atoms. The molecule has 0 unspecified atom stereocenters. The maximum Gasteiger partial charge on any atom is 0.228 e. The fourth-order valence-corrected chi connectivity index (χ4v) is 2.20. The molecule has 0 radical (unpaired) electrons. The number of amides is 1. The monoisotopic (exact) mass is 337 g/mol. The van der Waals surface area contributed by atoms with E-state index in [1.807, 2.05) is 37.3 Å². The van der Waals surface area contributed by atoms with Crippen LogP contribution in [0.5, 0.6) is 0 Å². The number of nitrogens with one attached hydrogen (secondary N) is 1. The zero-order chi connectivity index (χ0) is 13.8. The summed E-state index contributed by atoms with van der Waals surface area (Å²) in [5.74, 6) is -0.0384. The Bertz CT molecular complexity index is 596. The normalized spacial score (nSPS) is 10.3. The Hall–Kier alpha value is -1.32. The van der Waals surface area contributed by atoms with E-state index in [1.165, 1.54) is 0 Å². The minimum Gasteiger partial charge on any atom is -0.326 e. The smallest absolute Gasteiger partial charge is 0.228 e. The van der Waals surface area contributed by atoms with Crippen molar-refractivity contribution in [3.8, 4) is 0 Å². The summed E-state index contributed by atoms with van der Waals surface area (Å²) in [4.78, 5) is 12.0. The Kier molecular flexibility index (Phi) is 4.61. The summed E-state index contributed by atoms with van der Waals surface area (Å²) in [6.45, 7) is 1.96. The van der Waals surface area contributed by atoms with Crippen molar-refractivity contribution in [3.05, 3.63) is 63.1 Å². The molecule has 0 aliphatic rings. The number of anilines is 1. The zero-order valence-electron chi connectivity index (χ0n) is 10.4. The molecule has 0 aliphatic carbocycles. The molecule has 0 saturated carbocycles. The molecule has 0 aliphatic heterocycles. The van der Waals surface area contributed by atoms with Crippen LogP contribution in [0.2, 0.25) is 5.02 Å². The average molecular weight is 339 g/mol. The highest BCUT2D eigenvalue weighted by atomic mass is 79.9. The minimum absolute atomic E-state index is 0.0384. The van der Waals surface area contributed by atoms with Crippen LogP contribution in [0.15, 0.2) is 46.9 Å². The second-order valence-corrected chi connectivity index (χ2v) is 5.66. The van der Waals surface area contributed by atoms with Crippen molar-refractivity contribution in [1.82, 2.24) is 0 Å². The van der Waals surface area contributed by atoms with Crippen molar-refractivity contribution >= 4 is 39.1 Å². The van der Waals surface area contributed by atoms with Gasteiger partial charge in [-0.3, -0.25) is 4.79 Å². The molecule has 0 saturated heterocycles. The van der Waals surface area contributed by atoms with Crippen molar-refractivity contribution in [2.75, 3.05) is 5.32 Å². The predicted molar refractivity (Wildman–Crippen MR) is 82.7 cm³/mol. The van der Waals surface area contributed by atoms with Crippen molar-refractivity contribution in [3.63, 3.8) is 0 Å². The van der Waals surface area contributed by atoms with E-state index in [-0.39, 0.29) is 5.91 Å². The quantitative estimate of drug-likeness (QED) is 0.871. The minimum atomic E-state index is -0.0384. The van der Waals surface area contributed by atoms with E-state index in [1.54, 1.807) is 12.1 Å². The van der Waals surface area contributed by atoms with Crippen LogP contribution < -0.4 is 5.32 Å². The lowest BCUT2D eigenvalue weighted by atomic mass is 10.1. The highest BCUT2D eigenvalue weighted by molar-refractivity contribution is 9.10. The Morgan fingerprint density at radius 2 is 1.89 bits per heavy atom. The maximum absolute atomic E-state index is 12.0. The van der Waals surface area contributed by atoms with Crippen LogP contribution in [0, 0.1) is 6.92 Å². The topological polar surface area (TPSA) is 29.1 Å². The number of carbonyl (C=O) groups excluding carboxylic acids is 1. The molecule has 1 N–H and O–H groups in total. The molecule has 19 heavy (non-hydrogen) atoms. The fraction of sp³-hybridized carbons (Fsp3) is 0.133. The van der Waals surface area contributed by atoms with Gasteiger partial charge in [-0.15, -0.1) is 0 Å². The van der Waals surface area contributed by atoms with Gasteiger partial charge in [0.2, 0.25) is 5.91 Å². The van der Waals surface area contributed by atoms with Gasteiger partial charge in [0.15, 0.2) is 0 Å². The predicted octanol–water partition coefficient (Wildman–Crippen LogP) is 4.59. The third-order valence-corrected chi connectivity index (χ3v) is 3.50. The molecule has 2 aromatic rings. The Balaban J connectivity index is 2.05. The van der Waals surface area contributed by atoms with Crippen LogP contribution in [0.1, 0.15) is 11.1 Å². The molecule has 2 aromatic carbocycles. The van der Waals surface area contributed by atoms with Crippen LogP contribution in [-0.4, -0.2) is 5.91 Å².